The van der Waals surface area contributed by atoms with Crippen molar-refractivity contribution in [2.75, 3.05) is 31.1 Å². The summed E-state index contributed by atoms with van der Waals surface area (Å²) in [4.78, 5) is 33.6. The smallest absolute Gasteiger partial charge is 0.258 e. The van der Waals surface area contributed by atoms with Gasteiger partial charge in [-0.2, -0.15) is 0 Å². The number of hydrogen-bond donors (Lipinski definition) is 0. The largest absolute Gasteiger partial charge is 0.465 e. The van der Waals surface area contributed by atoms with E-state index in [0.717, 1.165) is 18.7 Å². The molecule has 7 heteroatoms. The zero-order chi connectivity index (χ0) is 18.3. The van der Waals surface area contributed by atoms with E-state index >= 15 is 0 Å². The minimum Gasteiger partial charge on any atom is -0.465 e. The normalized spacial score (nSPS) is 17.4. The molecule has 2 aromatic rings. The number of aromatic nitrogens is 1. The lowest BCUT2D eigenvalue weighted by molar-refractivity contribution is 0.0739. The number of pyridine rings is 1. The van der Waals surface area contributed by atoms with E-state index in [1.165, 1.54) is 0 Å². The zero-order valence-electron chi connectivity index (χ0n) is 14.6. The van der Waals surface area contributed by atoms with E-state index in [0.29, 0.717) is 60.3 Å². The highest BCUT2D eigenvalue weighted by atomic mass is 35.5. The molecule has 0 aromatic carbocycles. The Bertz CT molecular complexity index is 852. The van der Waals surface area contributed by atoms with Gasteiger partial charge in [0.2, 0.25) is 0 Å². The van der Waals surface area contributed by atoms with Gasteiger partial charge in [-0.3, -0.25) is 9.59 Å². The number of carbonyl (C=O) groups is 2. The molecule has 3 heterocycles. The highest BCUT2D eigenvalue weighted by molar-refractivity contribution is 6.30. The molecule has 0 atom stereocenters. The Hall–Kier alpha value is -2.34. The van der Waals surface area contributed by atoms with Crippen molar-refractivity contribution in [3.8, 4) is 0 Å². The summed E-state index contributed by atoms with van der Waals surface area (Å²) in [5.41, 5.74) is 0.975. The fraction of sp³-hybridized carbons (Fsp3) is 0.421. The summed E-state index contributed by atoms with van der Waals surface area (Å²) in [6.45, 7) is 4.31. The molecule has 0 unspecified atom stereocenters. The van der Waals surface area contributed by atoms with Gasteiger partial charge in [0.25, 0.3) is 5.91 Å². The van der Waals surface area contributed by atoms with Crippen LogP contribution in [0, 0.1) is 6.92 Å². The summed E-state index contributed by atoms with van der Waals surface area (Å²) in [6, 6.07) is 3.70. The number of ketones is 1. The molecule has 1 aliphatic heterocycles. The maximum Gasteiger partial charge on any atom is 0.258 e. The lowest BCUT2D eigenvalue weighted by Gasteiger charge is -2.35. The maximum atomic E-state index is 13.0. The average molecular weight is 374 g/mol. The molecule has 4 rings (SSSR count). The van der Waals surface area contributed by atoms with Crippen molar-refractivity contribution in [1.82, 2.24) is 9.88 Å². The number of halogens is 1. The molecule has 0 radical (unpaired) electrons. The van der Waals surface area contributed by atoms with Crippen molar-refractivity contribution in [3.05, 3.63) is 46.0 Å². The van der Waals surface area contributed by atoms with Crippen LogP contribution in [-0.2, 0) is 6.42 Å². The molecule has 1 aliphatic carbocycles. The molecule has 2 aromatic heterocycles. The number of nitrogens with zero attached hydrogens (tertiary/aromatic N) is 3. The second-order valence-electron chi connectivity index (χ2n) is 6.72. The molecule has 1 fully saturated rings. The third-order valence-electron chi connectivity index (χ3n) is 5.06. The predicted octanol–water partition coefficient (Wildman–Crippen LogP) is 3.12. The fourth-order valence-corrected chi connectivity index (χ4v) is 3.83. The van der Waals surface area contributed by atoms with E-state index in [-0.39, 0.29) is 11.7 Å². The number of aryl methyl sites for hydroxylation is 2. The number of rotatable bonds is 2. The van der Waals surface area contributed by atoms with Crippen LogP contribution in [0.5, 0.6) is 0 Å². The summed E-state index contributed by atoms with van der Waals surface area (Å²) in [7, 11) is 0. The van der Waals surface area contributed by atoms with E-state index in [1.54, 1.807) is 18.0 Å². The molecule has 0 N–H and O–H groups in total. The lowest BCUT2D eigenvalue weighted by atomic mass is 9.93. The summed E-state index contributed by atoms with van der Waals surface area (Å²) in [6.07, 6.45) is 3.63. The second-order valence-corrected chi connectivity index (χ2v) is 7.16. The van der Waals surface area contributed by atoms with Crippen molar-refractivity contribution in [2.24, 2.45) is 0 Å². The van der Waals surface area contributed by atoms with Crippen molar-refractivity contribution in [1.29, 1.82) is 0 Å². The fourth-order valence-electron chi connectivity index (χ4n) is 3.72. The Labute approximate surface area is 156 Å². The van der Waals surface area contributed by atoms with Crippen LogP contribution >= 0.6 is 11.6 Å². The minimum absolute atomic E-state index is 0.0236. The number of anilines is 1. The van der Waals surface area contributed by atoms with Crippen molar-refractivity contribution < 1.29 is 14.0 Å². The molecular weight excluding hydrogens is 354 g/mol. The van der Waals surface area contributed by atoms with Crippen LogP contribution in [0.4, 0.5) is 5.82 Å². The first-order chi connectivity index (χ1) is 12.5. The molecule has 6 nitrogen and oxygen atoms in total. The summed E-state index contributed by atoms with van der Waals surface area (Å²) in [5.74, 6) is 2.00. The highest BCUT2D eigenvalue weighted by Gasteiger charge is 2.33. The van der Waals surface area contributed by atoms with Crippen LogP contribution in [0.3, 0.4) is 0 Å². The van der Waals surface area contributed by atoms with Crippen LogP contribution < -0.4 is 4.90 Å². The lowest BCUT2D eigenvalue weighted by Crippen LogP contribution is -2.49. The first kappa shape index (κ1) is 17.1. The van der Waals surface area contributed by atoms with Gasteiger partial charge in [0, 0.05) is 45.2 Å². The quantitative estimate of drug-likeness (QED) is 0.809. The number of amides is 1. The van der Waals surface area contributed by atoms with E-state index in [2.05, 4.69) is 9.88 Å². The predicted molar refractivity (Wildman–Crippen MR) is 98.1 cm³/mol. The monoisotopic (exact) mass is 373 g/mol. The number of fused-ring (bicyclic) bond motifs is 1. The van der Waals surface area contributed by atoms with Crippen LogP contribution in [0.2, 0.25) is 5.02 Å². The van der Waals surface area contributed by atoms with Gasteiger partial charge < -0.3 is 14.2 Å². The zero-order valence-corrected chi connectivity index (χ0v) is 15.4. The molecule has 0 bridgehead atoms. The Morgan fingerprint density at radius 2 is 1.96 bits per heavy atom. The first-order valence-electron chi connectivity index (χ1n) is 8.86. The molecule has 136 valence electrons. The number of Topliss-reactive ketones (excluding diaryl/α,β-unsaturated/α-hetero) is 1. The third kappa shape index (κ3) is 2.98. The van der Waals surface area contributed by atoms with Crippen LogP contribution in [0.25, 0.3) is 0 Å². The van der Waals surface area contributed by atoms with Gasteiger partial charge in [0.15, 0.2) is 5.78 Å². The van der Waals surface area contributed by atoms with Gasteiger partial charge >= 0.3 is 0 Å². The number of furan rings is 1. The number of hydrogen-bond acceptors (Lipinski definition) is 5. The van der Waals surface area contributed by atoms with Crippen molar-refractivity contribution >= 4 is 29.1 Å². The summed E-state index contributed by atoms with van der Waals surface area (Å²) in [5, 5.41) is 0.604. The molecule has 0 spiro atoms. The second kappa shape index (κ2) is 6.76. The van der Waals surface area contributed by atoms with Gasteiger partial charge in [0.1, 0.15) is 17.3 Å². The van der Waals surface area contributed by atoms with E-state index in [1.807, 2.05) is 12.1 Å². The Kier molecular flexibility index (Phi) is 4.44. The number of piperazine rings is 1. The van der Waals surface area contributed by atoms with Crippen LogP contribution in [-0.4, -0.2) is 47.8 Å². The highest BCUT2D eigenvalue weighted by Crippen LogP contribution is 2.30. The van der Waals surface area contributed by atoms with Gasteiger partial charge in [-0.1, -0.05) is 11.6 Å². The molecule has 26 heavy (non-hydrogen) atoms. The summed E-state index contributed by atoms with van der Waals surface area (Å²) >= 11 is 5.89. The van der Waals surface area contributed by atoms with Crippen molar-refractivity contribution in [2.45, 2.75) is 26.2 Å². The number of carbonyl (C=O) groups excluding carboxylic acids is 2. The SMILES string of the molecule is Cc1oc2c(c1C(=O)N1CCN(c3ccc(Cl)cn3)CC1)C(=O)CCC2. The molecule has 0 saturated carbocycles. The Balaban J connectivity index is 1.50. The van der Waals surface area contributed by atoms with E-state index < -0.39 is 0 Å². The maximum absolute atomic E-state index is 13.0. The third-order valence-corrected chi connectivity index (χ3v) is 5.28. The molecular formula is C19H20ClN3O3. The Morgan fingerprint density at radius 3 is 2.65 bits per heavy atom. The molecule has 1 saturated heterocycles. The standard InChI is InChI=1S/C19H20ClN3O3/c1-12-17(18-14(24)3-2-4-15(18)26-12)19(25)23-9-7-22(8-10-23)16-6-5-13(20)11-21-16/h5-6,11H,2-4,7-10H2,1H3. The topological polar surface area (TPSA) is 66.7 Å². The van der Waals surface area contributed by atoms with E-state index in [4.69, 9.17) is 16.0 Å². The first-order valence-corrected chi connectivity index (χ1v) is 9.23. The van der Waals surface area contributed by atoms with E-state index in [9.17, 15) is 9.59 Å². The van der Waals surface area contributed by atoms with Gasteiger partial charge in [0.05, 0.1) is 16.1 Å². The summed E-state index contributed by atoms with van der Waals surface area (Å²) < 4.78 is 5.72. The van der Waals surface area contributed by atoms with Crippen LogP contribution in [0.15, 0.2) is 22.7 Å². The van der Waals surface area contributed by atoms with Crippen molar-refractivity contribution in [3.63, 3.8) is 0 Å². The molecule has 2 aliphatic rings. The van der Waals surface area contributed by atoms with Gasteiger partial charge in [-0.05, 0) is 25.5 Å². The molecule has 1 amide bonds. The Morgan fingerprint density at radius 1 is 1.19 bits per heavy atom. The van der Waals surface area contributed by atoms with Gasteiger partial charge in [-0.15, -0.1) is 0 Å². The van der Waals surface area contributed by atoms with Crippen LogP contribution in [0.1, 0.15) is 45.1 Å². The minimum atomic E-state index is -0.105. The average Bonchev–Trinajstić information content (AvgIpc) is 2.99. The van der Waals surface area contributed by atoms with Gasteiger partial charge in [-0.25, -0.2) is 4.98 Å².